The first-order valence-electron chi connectivity index (χ1n) is 7.02. The number of ether oxygens (including phenoxy) is 2. The number of carbonyl (C=O) groups is 2. The fourth-order valence-corrected chi connectivity index (χ4v) is 2.32. The summed E-state index contributed by atoms with van der Waals surface area (Å²) in [5, 5.41) is 2.62. The van der Waals surface area contributed by atoms with Crippen LogP contribution in [-0.4, -0.2) is 25.1 Å². The normalized spacial score (nSPS) is 11.5. The summed E-state index contributed by atoms with van der Waals surface area (Å²) in [6.45, 7) is 1.43. The van der Waals surface area contributed by atoms with Gasteiger partial charge in [0.1, 0.15) is 11.6 Å². The van der Waals surface area contributed by atoms with E-state index in [2.05, 4.69) is 21.2 Å². The molecule has 0 fully saturated rings. The zero-order valence-corrected chi connectivity index (χ0v) is 14.6. The maximum Gasteiger partial charge on any atom is 0.340 e. The van der Waals surface area contributed by atoms with Gasteiger partial charge in [-0.1, -0.05) is 12.1 Å². The number of rotatable bonds is 5. The van der Waals surface area contributed by atoms with E-state index in [0.717, 1.165) is 6.07 Å². The molecule has 7 heteroatoms. The molecule has 2 rings (SSSR count). The molecule has 0 radical (unpaired) electrons. The Hall–Kier alpha value is -2.41. The molecule has 1 atom stereocenters. The number of hydrogen-bond acceptors (Lipinski definition) is 4. The van der Waals surface area contributed by atoms with Gasteiger partial charge >= 0.3 is 5.97 Å². The number of halogens is 2. The molecule has 126 valence electrons. The van der Waals surface area contributed by atoms with Gasteiger partial charge in [-0.25, -0.2) is 9.18 Å². The number of esters is 1. The molecule has 5 nitrogen and oxygen atoms in total. The molecule has 0 heterocycles. The molecule has 0 unspecified atom stereocenters. The van der Waals surface area contributed by atoms with Gasteiger partial charge in [0, 0.05) is 4.47 Å². The molecule has 0 spiro atoms. The van der Waals surface area contributed by atoms with Gasteiger partial charge < -0.3 is 14.8 Å². The van der Waals surface area contributed by atoms with Crippen LogP contribution in [-0.2, 0) is 9.53 Å². The Labute approximate surface area is 146 Å². The maximum atomic E-state index is 13.3. The highest BCUT2D eigenvalue weighted by Gasteiger charge is 2.21. The highest BCUT2D eigenvalue weighted by molar-refractivity contribution is 9.10. The average Bonchev–Trinajstić information content (AvgIpc) is 2.57. The third-order valence-electron chi connectivity index (χ3n) is 3.17. The van der Waals surface area contributed by atoms with Gasteiger partial charge in [0.05, 0.1) is 18.4 Å². The number of nitrogens with one attached hydrogen (secondary N) is 1. The van der Waals surface area contributed by atoms with E-state index in [0.29, 0.717) is 15.9 Å². The van der Waals surface area contributed by atoms with Crippen molar-refractivity contribution in [2.75, 3.05) is 12.4 Å². The molecule has 0 aliphatic carbocycles. The summed E-state index contributed by atoms with van der Waals surface area (Å²) in [5.41, 5.74) is 0.465. The molecular formula is C17H15BrFNO4. The van der Waals surface area contributed by atoms with Crippen LogP contribution in [0.25, 0.3) is 0 Å². The Morgan fingerprint density at radius 3 is 2.62 bits per heavy atom. The second kappa shape index (κ2) is 7.92. The molecule has 0 aliphatic rings. The molecule has 24 heavy (non-hydrogen) atoms. The predicted molar refractivity (Wildman–Crippen MR) is 90.6 cm³/mol. The number of anilines is 1. The van der Waals surface area contributed by atoms with Gasteiger partial charge in [-0.15, -0.1) is 0 Å². The standard InChI is InChI=1S/C17H15BrFNO4/c1-10(16(21)20-14-5-3-4-6-15(14)23-2)24-17(22)12-9-11(19)7-8-13(12)18/h3-10H,1-2H3,(H,20,21)/t10-/m0/s1. The summed E-state index contributed by atoms with van der Waals surface area (Å²) >= 11 is 3.15. The highest BCUT2D eigenvalue weighted by Crippen LogP contribution is 2.24. The first-order valence-corrected chi connectivity index (χ1v) is 7.81. The van der Waals surface area contributed by atoms with Gasteiger partial charge in [0.25, 0.3) is 5.91 Å². The van der Waals surface area contributed by atoms with Crippen molar-refractivity contribution in [3.63, 3.8) is 0 Å². The minimum Gasteiger partial charge on any atom is -0.495 e. The second-order valence-corrected chi connectivity index (χ2v) is 5.72. The fraction of sp³-hybridized carbons (Fsp3) is 0.176. The molecule has 2 aromatic rings. The molecule has 0 aliphatic heterocycles. The van der Waals surface area contributed by atoms with Crippen LogP contribution < -0.4 is 10.1 Å². The van der Waals surface area contributed by atoms with E-state index < -0.39 is 23.8 Å². The summed E-state index contributed by atoms with van der Waals surface area (Å²) in [6.07, 6.45) is -1.07. The van der Waals surface area contributed by atoms with Gasteiger partial charge in [-0.3, -0.25) is 4.79 Å². The Bertz CT molecular complexity index is 766. The Morgan fingerprint density at radius 2 is 1.92 bits per heavy atom. The zero-order valence-electron chi connectivity index (χ0n) is 13.0. The third kappa shape index (κ3) is 4.32. The lowest BCUT2D eigenvalue weighted by Crippen LogP contribution is -2.30. The van der Waals surface area contributed by atoms with Gasteiger partial charge in [-0.05, 0) is 53.2 Å². The van der Waals surface area contributed by atoms with Crippen LogP contribution in [0.5, 0.6) is 5.75 Å². The monoisotopic (exact) mass is 395 g/mol. The molecule has 1 amide bonds. The smallest absolute Gasteiger partial charge is 0.340 e. The van der Waals surface area contributed by atoms with Crippen molar-refractivity contribution in [1.82, 2.24) is 0 Å². The lowest BCUT2D eigenvalue weighted by Gasteiger charge is -2.15. The molecule has 0 bridgehead atoms. The van der Waals surface area contributed by atoms with E-state index >= 15 is 0 Å². The van der Waals surface area contributed by atoms with E-state index in [1.54, 1.807) is 24.3 Å². The van der Waals surface area contributed by atoms with Crippen LogP contribution in [0.2, 0.25) is 0 Å². The topological polar surface area (TPSA) is 64.6 Å². The van der Waals surface area contributed by atoms with E-state index in [9.17, 15) is 14.0 Å². The summed E-state index contributed by atoms with van der Waals surface area (Å²) in [5.74, 6) is -1.42. The van der Waals surface area contributed by atoms with Gasteiger partial charge in [0.15, 0.2) is 6.10 Å². The van der Waals surface area contributed by atoms with Crippen molar-refractivity contribution >= 4 is 33.5 Å². The lowest BCUT2D eigenvalue weighted by atomic mass is 10.2. The van der Waals surface area contributed by atoms with Crippen molar-refractivity contribution in [2.45, 2.75) is 13.0 Å². The summed E-state index contributed by atoms with van der Waals surface area (Å²) in [6, 6.07) is 10.5. The fourth-order valence-electron chi connectivity index (χ4n) is 1.91. The van der Waals surface area contributed by atoms with Crippen LogP contribution in [0.15, 0.2) is 46.9 Å². The van der Waals surface area contributed by atoms with Crippen LogP contribution >= 0.6 is 15.9 Å². The Kier molecular flexibility index (Phi) is 5.92. The summed E-state index contributed by atoms with van der Waals surface area (Å²) in [4.78, 5) is 24.3. The van der Waals surface area contributed by atoms with Crippen LogP contribution in [0.1, 0.15) is 17.3 Å². The SMILES string of the molecule is COc1ccccc1NC(=O)[C@H](C)OC(=O)c1cc(F)ccc1Br. The maximum absolute atomic E-state index is 13.3. The highest BCUT2D eigenvalue weighted by atomic mass is 79.9. The minimum atomic E-state index is -1.07. The van der Waals surface area contributed by atoms with Crippen molar-refractivity contribution in [1.29, 1.82) is 0 Å². The van der Waals surface area contributed by atoms with Crippen LogP contribution in [0.4, 0.5) is 10.1 Å². The molecule has 0 saturated heterocycles. The number of para-hydroxylation sites is 2. The van der Waals surface area contributed by atoms with Gasteiger partial charge in [0.2, 0.25) is 0 Å². The minimum absolute atomic E-state index is 0.00643. The second-order valence-electron chi connectivity index (χ2n) is 4.86. The zero-order chi connectivity index (χ0) is 17.7. The number of methoxy groups -OCH3 is 1. The third-order valence-corrected chi connectivity index (χ3v) is 3.86. The number of hydrogen-bond donors (Lipinski definition) is 1. The van der Waals surface area contributed by atoms with Crippen LogP contribution in [0.3, 0.4) is 0 Å². The number of benzene rings is 2. The summed E-state index contributed by atoms with van der Waals surface area (Å²) in [7, 11) is 1.48. The van der Waals surface area contributed by atoms with E-state index in [1.165, 1.54) is 26.2 Å². The molecule has 2 aromatic carbocycles. The molecule has 1 N–H and O–H groups in total. The van der Waals surface area contributed by atoms with E-state index in [4.69, 9.17) is 9.47 Å². The van der Waals surface area contributed by atoms with Crippen molar-refractivity contribution in [2.24, 2.45) is 0 Å². The van der Waals surface area contributed by atoms with Gasteiger partial charge in [-0.2, -0.15) is 0 Å². The number of carbonyl (C=O) groups excluding carboxylic acids is 2. The first kappa shape index (κ1) is 17.9. The quantitative estimate of drug-likeness (QED) is 0.782. The van der Waals surface area contributed by atoms with Crippen molar-refractivity contribution < 1.29 is 23.5 Å². The predicted octanol–water partition coefficient (Wildman–Crippen LogP) is 3.78. The van der Waals surface area contributed by atoms with E-state index in [-0.39, 0.29) is 5.56 Å². The van der Waals surface area contributed by atoms with Crippen molar-refractivity contribution in [3.8, 4) is 5.75 Å². The Morgan fingerprint density at radius 1 is 1.21 bits per heavy atom. The van der Waals surface area contributed by atoms with E-state index in [1.807, 2.05) is 0 Å². The van der Waals surface area contributed by atoms with Crippen LogP contribution in [0, 0.1) is 5.82 Å². The largest absolute Gasteiger partial charge is 0.495 e. The lowest BCUT2D eigenvalue weighted by molar-refractivity contribution is -0.123. The Balaban J connectivity index is 2.06. The first-order chi connectivity index (χ1) is 11.4. The molecule has 0 aromatic heterocycles. The molecule has 0 saturated carbocycles. The number of amides is 1. The van der Waals surface area contributed by atoms with Crippen molar-refractivity contribution in [3.05, 3.63) is 58.3 Å². The molecular weight excluding hydrogens is 381 g/mol. The summed E-state index contributed by atoms with van der Waals surface area (Å²) < 4.78 is 23.9. The average molecular weight is 396 g/mol.